The summed E-state index contributed by atoms with van der Waals surface area (Å²) in [5.74, 6) is 0.350. The highest BCUT2D eigenvalue weighted by atomic mass is 16.5. The van der Waals surface area contributed by atoms with Crippen molar-refractivity contribution in [2.45, 2.75) is 51.4 Å². The number of hydrogen-bond donors (Lipinski definition) is 1. The number of nitrogens with zero attached hydrogens (tertiary/aromatic N) is 3. The van der Waals surface area contributed by atoms with Crippen molar-refractivity contribution in [3.8, 4) is 0 Å². The molecule has 7 heteroatoms. The smallest absolute Gasteiger partial charge is 0.309 e. The maximum atomic E-state index is 11.4. The Labute approximate surface area is 162 Å². The van der Waals surface area contributed by atoms with Crippen molar-refractivity contribution in [3.05, 3.63) is 18.2 Å². The Bertz CT molecular complexity index is 601. The van der Waals surface area contributed by atoms with Crippen LogP contribution in [0.1, 0.15) is 32.4 Å². The lowest BCUT2D eigenvalue weighted by Crippen LogP contribution is -2.41. The van der Waals surface area contributed by atoms with Gasteiger partial charge in [0.2, 0.25) is 0 Å². The van der Waals surface area contributed by atoms with Crippen LogP contribution in [0.3, 0.4) is 0 Å². The van der Waals surface area contributed by atoms with E-state index in [1.807, 2.05) is 31.7 Å². The van der Waals surface area contributed by atoms with Crippen molar-refractivity contribution in [1.29, 1.82) is 0 Å². The monoisotopic (exact) mass is 382 g/mol. The highest BCUT2D eigenvalue weighted by molar-refractivity contribution is 5.74. The number of hydrogen-bond acceptors (Lipinski definition) is 5. The fraction of sp³-hybridized carbons (Fsp3) is 0.800. The summed E-state index contributed by atoms with van der Waals surface area (Å²) in [6.07, 6.45) is 6.15. The lowest BCUT2D eigenvalue weighted by atomic mass is 9.89. The number of ether oxygens (including phenoxy) is 2. The topological polar surface area (TPSA) is 73.6 Å². The van der Waals surface area contributed by atoms with E-state index in [9.17, 15) is 9.90 Å². The number of cyclic esters (lactones) is 1. The third-order valence-corrected chi connectivity index (χ3v) is 5.34. The number of quaternary nitrogens is 1. The van der Waals surface area contributed by atoms with Gasteiger partial charge in [0.05, 0.1) is 52.2 Å². The summed E-state index contributed by atoms with van der Waals surface area (Å²) < 4.78 is 13.6. The molecule has 0 aromatic carbocycles. The molecule has 1 aromatic heterocycles. The zero-order valence-corrected chi connectivity index (χ0v) is 17.6. The summed E-state index contributed by atoms with van der Waals surface area (Å²) >= 11 is 0. The van der Waals surface area contributed by atoms with Crippen LogP contribution in [-0.2, 0) is 27.7 Å². The third kappa shape index (κ3) is 6.30. The molecule has 0 bridgehead atoms. The van der Waals surface area contributed by atoms with Crippen LogP contribution in [0, 0.1) is 11.8 Å². The maximum absolute atomic E-state index is 11.4. The summed E-state index contributed by atoms with van der Waals surface area (Å²) in [4.78, 5) is 15.5. The minimum Gasteiger partial charge on any atom is -0.465 e. The minimum atomic E-state index is -0.262. The van der Waals surface area contributed by atoms with E-state index in [1.165, 1.54) is 0 Å². The number of carbonyl (C=O) groups is 1. The van der Waals surface area contributed by atoms with Gasteiger partial charge in [0, 0.05) is 31.3 Å². The fourth-order valence-electron chi connectivity index (χ4n) is 3.80. The molecule has 5 atom stereocenters. The molecule has 0 unspecified atom stereocenters. The number of esters is 1. The van der Waals surface area contributed by atoms with Crippen LogP contribution in [0.2, 0.25) is 0 Å². The first-order chi connectivity index (χ1) is 12.6. The second-order valence-corrected chi connectivity index (χ2v) is 8.84. The quantitative estimate of drug-likeness (QED) is 0.615. The van der Waals surface area contributed by atoms with Crippen LogP contribution in [0.4, 0.5) is 0 Å². The molecule has 0 aliphatic carbocycles. The molecule has 154 valence electrons. The Morgan fingerprint density at radius 1 is 1.37 bits per heavy atom. The molecular formula is C20H36N3O4+. The summed E-state index contributed by atoms with van der Waals surface area (Å²) in [5, 5.41) is 9.43. The van der Waals surface area contributed by atoms with Crippen LogP contribution >= 0.6 is 0 Å². The molecule has 2 fully saturated rings. The molecule has 2 aliphatic rings. The van der Waals surface area contributed by atoms with Gasteiger partial charge in [-0.1, -0.05) is 6.92 Å². The van der Waals surface area contributed by atoms with E-state index in [-0.39, 0.29) is 30.2 Å². The van der Waals surface area contributed by atoms with Crippen molar-refractivity contribution >= 4 is 5.97 Å². The zero-order chi connectivity index (χ0) is 20.2. The molecule has 0 amide bonds. The summed E-state index contributed by atoms with van der Waals surface area (Å²) in [5.41, 5.74) is 1.16. The largest absolute Gasteiger partial charge is 0.465 e. The van der Waals surface area contributed by atoms with Gasteiger partial charge in [-0.2, -0.15) is 0 Å². The average molecular weight is 383 g/mol. The SMILES string of the molecule is CC[C@@H]1C(=O)OC[C@@H]1Cc1cncn1C.C[C@@H]1O[C@H](C[N+](C)(C)C)C[C@H]1O. The number of carbonyl (C=O) groups excluding carboxylic acids is 1. The first-order valence-corrected chi connectivity index (χ1v) is 9.86. The summed E-state index contributed by atoms with van der Waals surface area (Å²) in [6, 6.07) is 0. The Morgan fingerprint density at radius 3 is 2.56 bits per heavy atom. The molecule has 1 N–H and O–H groups in total. The standard InChI is InChI=1S/C11H16N2O2.C9H20NO2/c1-3-10-8(6-15-11(10)14)4-9-5-12-7-13(9)2;1-7-9(11)5-8(12-7)6-10(2,3)4/h5,7-8,10H,3-4,6H2,1-2H3;7-9,11H,5-6H2,1-4H3/q;+1/t8-,10-;7-,8-,9+/m00/s1. The lowest BCUT2D eigenvalue weighted by molar-refractivity contribution is -0.873. The summed E-state index contributed by atoms with van der Waals surface area (Å²) in [7, 11) is 8.39. The van der Waals surface area contributed by atoms with Crippen LogP contribution in [0.15, 0.2) is 12.5 Å². The van der Waals surface area contributed by atoms with E-state index < -0.39 is 0 Å². The first-order valence-electron chi connectivity index (χ1n) is 9.86. The Morgan fingerprint density at radius 2 is 2.07 bits per heavy atom. The number of aliphatic hydroxyl groups is 1. The van der Waals surface area contributed by atoms with E-state index in [1.54, 1.807) is 6.33 Å². The van der Waals surface area contributed by atoms with Gasteiger partial charge in [-0.15, -0.1) is 0 Å². The number of likely N-dealkylation sites (N-methyl/N-ethyl adjacent to an activating group) is 1. The van der Waals surface area contributed by atoms with Gasteiger partial charge in [-0.05, 0) is 19.8 Å². The number of imidazole rings is 1. The maximum Gasteiger partial charge on any atom is 0.309 e. The van der Waals surface area contributed by atoms with Crippen LogP contribution in [-0.4, -0.2) is 77.7 Å². The van der Waals surface area contributed by atoms with Gasteiger partial charge in [0.15, 0.2) is 0 Å². The molecule has 0 saturated carbocycles. The van der Waals surface area contributed by atoms with Gasteiger partial charge in [0.1, 0.15) is 12.6 Å². The van der Waals surface area contributed by atoms with Gasteiger partial charge in [-0.25, -0.2) is 4.98 Å². The molecule has 3 rings (SSSR count). The number of aromatic nitrogens is 2. The molecular weight excluding hydrogens is 346 g/mol. The minimum absolute atomic E-state index is 0.0153. The molecule has 27 heavy (non-hydrogen) atoms. The van der Waals surface area contributed by atoms with Crippen LogP contribution in [0.5, 0.6) is 0 Å². The zero-order valence-electron chi connectivity index (χ0n) is 17.6. The molecule has 1 aromatic rings. The van der Waals surface area contributed by atoms with Crippen LogP contribution < -0.4 is 0 Å². The van der Waals surface area contributed by atoms with Crippen molar-refractivity contribution < 1.29 is 23.9 Å². The van der Waals surface area contributed by atoms with Gasteiger partial charge < -0.3 is 23.6 Å². The second-order valence-electron chi connectivity index (χ2n) is 8.84. The van der Waals surface area contributed by atoms with Crippen molar-refractivity contribution in [2.24, 2.45) is 18.9 Å². The van der Waals surface area contributed by atoms with E-state index >= 15 is 0 Å². The van der Waals surface area contributed by atoms with Crippen molar-refractivity contribution in [3.63, 3.8) is 0 Å². The first kappa shape index (κ1) is 21.9. The Balaban J connectivity index is 0.000000199. The third-order valence-electron chi connectivity index (χ3n) is 5.34. The van der Waals surface area contributed by atoms with E-state index in [0.717, 1.165) is 36.0 Å². The Kier molecular flexibility index (Phi) is 7.42. The molecule has 2 saturated heterocycles. The number of aryl methyl sites for hydroxylation is 1. The fourth-order valence-corrected chi connectivity index (χ4v) is 3.80. The molecule has 0 spiro atoms. The van der Waals surface area contributed by atoms with Gasteiger partial charge in [-0.3, -0.25) is 4.79 Å². The molecule has 0 radical (unpaired) electrons. The van der Waals surface area contributed by atoms with Gasteiger partial charge >= 0.3 is 5.97 Å². The molecule has 2 aliphatic heterocycles. The number of rotatable bonds is 5. The predicted octanol–water partition coefficient (Wildman–Crippen LogP) is 1.39. The number of aliphatic hydroxyl groups excluding tert-OH is 1. The lowest BCUT2D eigenvalue weighted by Gasteiger charge is -2.26. The normalized spacial score (nSPS) is 30.8. The van der Waals surface area contributed by atoms with Crippen molar-refractivity contribution in [1.82, 2.24) is 9.55 Å². The van der Waals surface area contributed by atoms with Crippen LogP contribution in [0.25, 0.3) is 0 Å². The highest BCUT2D eigenvalue weighted by Gasteiger charge is 2.35. The van der Waals surface area contributed by atoms with Gasteiger partial charge in [0.25, 0.3) is 0 Å². The summed E-state index contributed by atoms with van der Waals surface area (Å²) in [6.45, 7) is 5.50. The van der Waals surface area contributed by atoms with Crippen molar-refractivity contribution in [2.75, 3.05) is 34.3 Å². The molecule has 7 nitrogen and oxygen atoms in total. The van der Waals surface area contributed by atoms with E-state index in [0.29, 0.717) is 12.5 Å². The predicted molar refractivity (Wildman–Crippen MR) is 103 cm³/mol. The Hall–Kier alpha value is -1.44. The second kappa shape index (κ2) is 9.17. The molecule has 3 heterocycles. The van der Waals surface area contributed by atoms with E-state index in [2.05, 4.69) is 26.1 Å². The highest BCUT2D eigenvalue weighted by Crippen LogP contribution is 2.28. The average Bonchev–Trinajstić information content (AvgIpc) is 3.20. The van der Waals surface area contributed by atoms with E-state index in [4.69, 9.17) is 9.47 Å².